The first-order valence-electron chi connectivity index (χ1n) is 2.00. The first-order valence-corrected chi connectivity index (χ1v) is 2.82. The summed E-state index contributed by atoms with van der Waals surface area (Å²) in [6.45, 7) is 4.85. The molecule has 0 saturated heterocycles. The van der Waals surface area contributed by atoms with Crippen molar-refractivity contribution < 1.29 is 13.7 Å². The highest BCUT2D eigenvalue weighted by Crippen LogP contribution is 1.78. The molecule has 1 amide bonds. The zero-order valence-corrected chi connectivity index (χ0v) is 6.01. The SMILES string of the molecule is C=C(C)C(N)=O.O=[Si]=O. The molecule has 0 aliphatic carbocycles. The molecule has 0 rings (SSSR count). The molecule has 50 valence electrons. The predicted octanol–water partition coefficient (Wildman–Crippen LogP) is -0.571. The van der Waals surface area contributed by atoms with Gasteiger partial charge >= 0.3 is 9.29 Å². The maximum Gasteiger partial charge on any atom is 0.549 e. The van der Waals surface area contributed by atoms with Crippen LogP contribution >= 0.6 is 0 Å². The quantitative estimate of drug-likeness (QED) is 0.396. The van der Waals surface area contributed by atoms with Crippen molar-refractivity contribution in [3.8, 4) is 0 Å². The zero-order chi connectivity index (χ0) is 7.86. The van der Waals surface area contributed by atoms with E-state index in [-0.39, 0.29) is 0 Å². The number of carbonyl (C=O) groups is 1. The van der Waals surface area contributed by atoms with Crippen molar-refractivity contribution in [2.45, 2.75) is 6.92 Å². The summed E-state index contributed by atoms with van der Waals surface area (Å²) in [4.78, 5) is 9.82. The summed E-state index contributed by atoms with van der Waals surface area (Å²) < 4.78 is 16.8. The van der Waals surface area contributed by atoms with Crippen LogP contribution < -0.4 is 5.73 Å². The third-order valence-corrected chi connectivity index (χ3v) is 0.421. The Morgan fingerprint density at radius 2 is 1.67 bits per heavy atom. The summed E-state index contributed by atoms with van der Waals surface area (Å²) in [7, 11) is -1.42. The van der Waals surface area contributed by atoms with Gasteiger partial charge in [-0.25, -0.2) is 0 Å². The molecule has 0 fully saturated rings. The Kier molecular flexibility index (Phi) is 8.52. The van der Waals surface area contributed by atoms with Gasteiger partial charge in [0.2, 0.25) is 5.91 Å². The fourth-order valence-electron chi connectivity index (χ4n) is 0. The Hall–Kier alpha value is -0.973. The molecule has 0 bridgehead atoms. The van der Waals surface area contributed by atoms with Gasteiger partial charge in [-0.05, 0) is 6.92 Å². The maximum absolute atomic E-state index is 9.82. The molecular weight excluding hydrogens is 138 g/mol. The highest BCUT2D eigenvalue weighted by atomic mass is 28.2. The van der Waals surface area contributed by atoms with Crippen LogP contribution in [0.25, 0.3) is 0 Å². The van der Waals surface area contributed by atoms with Gasteiger partial charge in [0.1, 0.15) is 0 Å². The normalized spacial score (nSPS) is 5.89. The van der Waals surface area contributed by atoms with Gasteiger partial charge in [0.25, 0.3) is 0 Å². The largest absolute Gasteiger partial charge is 0.549 e. The number of rotatable bonds is 1. The lowest BCUT2D eigenvalue weighted by molar-refractivity contribution is -0.114. The highest BCUT2D eigenvalue weighted by molar-refractivity contribution is 5.94. The van der Waals surface area contributed by atoms with E-state index < -0.39 is 15.2 Å². The molecule has 0 aromatic rings. The van der Waals surface area contributed by atoms with Crippen LogP contribution in [0.5, 0.6) is 0 Å². The first kappa shape index (κ1) is 10.9. The van der Waals surface area contributed by atoms with E-state index in [9.17, 15) is 4.79 Å². The van der Waals surface area contributed by atoms with E-state index in [4.69, 9.17) is 14.7 Å². The lowest BCUT2D eigenvalue weighted by atomic mass is 10.3. The minimum atomic E-state index is -1.42. The summed E-state index contributed by atoms with van der Waals surface area (Å²) in [5, 5.41) is 0. The molecule has 0 spiro atoms. The number of amides is 1. The van der Waals surface area contributed by atoms with Gasteiger partial charge < -0.3 is 5.73 Å². The van der Waals surface area contributed by atoms with Gasteiger partial charge in [-0.15, -0.1) is 0 Å². The number of hydrogen-bond acceptors (Lipinski definition) is 3. The minimum absolute atomic E-state index is 0.398. The van der Waals surface area contributed by atoms with Crippen molar-refractivity contribution in [1.82, 2.24) is 0 Å². The molecule has 0 aromatic heterocycles. The van der Waals surface area contributed by atoms with E-state index in [1.165, 1.54) is 0 Å². The van der Waals surface area contributed by atoms with Crippen LogP contribution in [0.3, 0.4) is 0 Å². The molecule has 0 aliphatic heterocycles. The molecular formula is C4H7NO3Si. The predicted molar refractivity (Wildman–Crippen MR) is 31.1 cm³/mol. The van der Waals surface area contributed by atoms with Gasteiger partial charge in [0.15, 0.2) is 0 Å². The molecule has 0 unspecified atom stereocenters. The maximum atomic E-state index is 9.82. The van der Waals surface area contributed by atoms with Gasteiger partial charge in [-0.3, -0.25) is 13.7 Å². The monoisotopic (exact) mass is 145 g/mol. The standard InChI is InChI=1S/C4H7NO.O2Si/c1-3(2)4(5)6;1-3-2/h1H2,2H3,(H2,5,6);. The lowest BCUT2D eigenvalue weighted by Crippen LogP contribution is -2.10. The molecule has 0 radical (unpaired) electrons. The van der Waals surface area contributed by atoms with Crippen molar-refractivity contribution in [2.75, 3.05) is 0 Å². The Morgan fingerprint density at radius 3 is 1.67 bits per heavy atom. The van der Waals surface area contributed by atoms with Crippen molar-refractivity contribution in [3.05, 3.63) is 12.2 Å². The van der Waals surface area contributed by atoms with Crippen LogP contribution in [0, 0.1) is 0 Å². The van der Waals surface area contributed by atoms with Crippen LogP contribution in [0.15, 0.2) is 12.2 Å². The molecule has 0 atom stereocenters. The average Bonchev–Trinajstić information content (AvgIpc) is 1.68. The first-order chi connectivity index (χ1) is 4.06. The summed E-state index contributed by atoms with van der Waals surface area (Å²) in [5.74, 6) is -0.435. The Morgan fingerprint density at radius 1 is 1.56 bits per heavy atom. The molecule has 0 aromatic carbocycles. The molecule has 0 aliphatic rings. The Balaban J connectivity index is 0. The number of nitrogens with two attached hydrogens (primary N) is 1. The third kappa shape index (κ3) is 19.4. The second-order valence-electron chi connectivity index (χ2n) is 1.23. The molecule has 2 N–H and O–H groups in total. The average molecular weight is 145 g/mol. The van der Waals surface area contributed by atoms with Crippen LogP contribution in [0.2, 0.25) is 0 Å². The zero-order valence-electron chi connectivity index (χ0n) is 5.01. The molecule has 9 heavy (non-hydrogen) atoms. The molecule has 0 saturated carbocycles. The summed E-state index contributed by atoms with van der Waals surface area (Å²) >= 11 is 0. The highest BCUT2D eigenvalue weighted by Gasteiger charge is 1.86. The lowest BCUT2D eigenvalue weighted by Gasteiger charge is -1.81. The third-order valence-electron chi connectivity index (χ3n) is 0.421. The van der Waals surface area contributed by atoms with Crippen molar-refractivity contribution in [1.29, 1.82) is 0 Å². The number of primary amides is 1. The fraction of sp³-hybridized carbons (Fsp3) is 0.250. The van der Waals surface area contributed by atoms with E-state index in [0.29, 0.717) is 5.57 Å². The van der Waals surface area contributed by atoms with Gasteiger partial charge in [0, 0.05) is 5.57 Å². The topological polar surface area (TPSA) is 77.2 Å². The van der Waals surface area contributed by atoms with E-state index in [0.717, 1.165) is 0 Å². The number of carbonyl (C=O) groups excluding carboxylic acids is 1. The number of hydrogen-bond donors (Lipinski definition) is 1. The van der Waals surface area contributed by atoms with Crippen molar-refractivity contribution >= 4 is 15.2 Å². The van der Waals surface area contributed by atoms with Gasteiger partial charge in [-0.1, -0.05) is 6.58 Å². The van der Waals surface area contributed by atoms with Gasteiger partial charge in [-0.2, -0.15) is 0 Å². The van der Waals surface area contributed by atoms with Crippen LogP contribution in [0.1, 0.15) is 6.92 Å². The summed E-state index contributed by atoms with van der Waals surface area (Å²) in [6, 6.07) is 0. The molecule has 0 heterocycles. The van der Waals surface area contributed by atoms with E-state index in [2.05, 4.69) is 6.58 Å². The van der Waals surface area contributed by atoms with Crippen LogP contribution in [0.4, 0.5) is 0 Å². The Bertz CT molecular complexity index is 136. The van der Waals surface area contributed by atoms with E-state index in [1.807, 2.05) is 0 Å². The van der Waals surface area contributed by atoms with Crippen LogP contribution in [-0.2, 0) is 13.7 Å². The molecule has 5 heteroatoms. The van der Waals surface area contributed by atoms with Crippen LogP contribution in [-0.4, -0.2) is 15.2 Å². The Labute approximate surface area is 54.7 Å². The summed E-state index contributed by atoms with van der Waals surface area (Å²) in [6.07, 6.45) is 0. The van der Waals surface area contributed by atoms with Crippen molar-refractivity contribution in [2.24, 2.45) is 5.73 Å². The summed E-state index contributed by atoms with van der Waals surface area (Å²) in [5.41, 5.74) is 5.09. The second kappa shape index (κ2) is 7.03. The fourth-order valence-corrected chi connectivity index (χ4v) is 0. The van der Waals surface area contributed by atoms with E-state index >= 15 is 0 Å². The van der Waals surface area contributed by atoms with E-state index in [1.54, 1.807) is 6.92 Å². The van der Waals surface area contributed by atoms with Gasteiger partial charge in [0.05, 0.1) is 0 Å². The van der Waals surface area contributed by atoms with Crippen molar-refractivity contribution in [3.63, 3.8) is 0 Å². The molecule has 4 nitrogen and oxygen atoms in total. The smallest absolute Gasteiger partial charge is 0.366 e. The minimum Gasteiger partial charge on any atom is -0.366 e. The second-order valence-corrected chi connectivity index (χ2v) is 1.39.